The number of aromatic nitrogens is 2. The molecule has 0 unspecified atom stereocenters. The molecule has 0 spiro atoms. The van der Waals surface area contributed by atoms with Gasteiger partial charge in [-0.15, -0.1) is 0 Å². The van der Waals surface area contributed by atoms with Crippen molar-refractivity contribution in [3.8, 4) is 5.75 Å². The Labute approximate surface area is 166 Å². The molecule has 1 saturated heterocycles. The summed E-state index contributed by atoms with van der Waals surface area (Å²) in [6, 6.07) is 9.93. The van der Waals surface area contributed by atoms with Crippen molar-refractivity contribution in [3.63, 3.8) is 0 Å². The number of nitrogens with two attached hydrogens (primary N) is 1. The first-order valence-electron chi connectivity index (χ1n) is 9.65. The molecular weight excluding hydrogens is 354 g/mol. The van der Waals surface area contributed by atoms with E-state index in [4.69, 9.17) is 10.5 Å². The van der Waals surface area contributed by atoms with Gasteiger partial charge in [-0.25, -0.2) is 9.97 Å². The van der Waals surface area contributed by atoms with E-state index in [-0.39, 0.29) is 11.8 Å². The van der Waals surface area contributed by atoms with Crippen molar-refractivity contribution in [2.24, 2.45) is 0 Å². The molecule has 7 nitrogen and oxygen atoms in total. The number of anilines is 1. The Morgan fingerprint density at radius 1 is 1.43 bits per heavy atom. The second-order valence-electron chi connectivity index (χ2n) is 7.48. The highest BCUT2D eigenvalue weighted by Gasteiger charge is 2.29. The minimum absolute atomic E-state index is 0.153. The van der Waals surface area contributed by atoms with Crippen LogP contribution in [0.4, 0.5) is 5.82 Å². The van der Waals surface area contributed by atoms with E-state index in [1.807, 2.05) is 36.2 Å². The number of carbonyl (C=O) groups is 1. The molecule has 1 aromatic carbocycles. The number of nitrogen functional groups attached to an aromatic ring is 1. The molecule has 3 rings (SSSR count). The van der Waals surface area contributed by atoms with Crippen LogP contribution in [-0.2, 0) is 11.3 Å². The zero-order valence-corrected chi connectivity index (χ0v) is 16.8. The lowest BCUT2D eigenvalue weighted by Gasteiger charge is -2.24. The summed E-state index contributed by atoms with van der Waals surface area (Å²) in [4.78, 5) is 25.5. The standard InChI is InChI=1S/C21H29N5O2/c1-15(16-5-4-6-18(12-16)28-3)11-21(27)26-10-8-17(13-26)25(2)14-20-23-9-7-19(22)24-20/h4-7,9,12,15,17H,8,10-11,13-14H2,1-3H3,(H2,22,23,24)/t15-,17+/m1/s1. The van der Waals surface area contributed by atoms with Crippen molar-refractivity contribution in [1.82, 2.24) is 19.8 Å². The maximum atomic E-state index is 12.8. The maximum Gasteiger partial charge on any atom is 0.223 e. The molecule has 28 heavy (non-hydrogen) atoms. The van der Waals surface area contributed by atoms with Crippen LogP contribution in [0.3, 0.4) is 0 Å². The van der Waals surface area contributed by atoms with Crippen molar-refractivity contribution in [2.75, 3.05) is 33.0 Å². The highest BCUT2D eigenvalue weighted by Crippen LogP contribution is 2.25. The number of likely N-dealkylation sites (tertiary alicyclic amines) is 1. The Kier molecular flexibility index (Phi) is 6.46. The van der Waals surface area contributed by atoms with E-state index in [2.05, 4.69) is 21.8 Å². The van der Waals surface area contributed by atoms with E-state index in [0.717, 1.165) is 30.8 Å². The van der Waals surface area contributed by atoms with Gasteiger partial charge in [-0.3, -0.25) is 9.69 Å². The summed E-state index contributed by atoms with van der Waals surface area (Å²) in [5.41, 5.74) is 6.86. The van der Waals surface area contributed by atoms with Crippen molar-refractivity contribution in [2.45, 2.75) is 38.3 Å². The fourth-order valence-electron chi connectivity index (χ4n) is 3.63. The van der Waals surface area contributed by atoms with Gasteiger partial charge in [0.05, 0.1) is 13.7 Å². The van der Waals surface area contributed by atoms with E-state index in [9.17, 15) is 4.79 Å². The van der Waals surface area contributed by atoms with Crippen LogP contribution in [0.5, 0.6) is 5.75 Å². The molecule has 7 heteroatoms. The zero-order chi connectivity index (χ0) is 20.1. The van der Waals surface area contributed by atoms with Gasteiger partial charge in [-0.05, 0) is 43.1 Å². The summed E-state index contributed by atoms with van der Waals surface area (Å²) in [6.07, 6.45) is 3.13. The minimum atomic E-state index is 0.153. The second kappa shape index (κ2) is 9.01. The van der Waals surface area contributed by atoms with Gasteiger partial charge in [0.25, 0.3) is 0 Å². The molecule has 0 bridgehead atoms. The van der Waals surface area contributed by atoms with Crippen LogP contribution in [0, 0.1) is 0 Å². The first-order chi connectivity index (χ1) is 13.5. The minimum Gasteiger partial charge on any atom is -0.497 e. The molecule has 1 aliphatic heterocycles. The number of likely N-dealkylation sites (N-methyl/N-ethyl adjacent to an activating group) is 1. The summed E-state index contributed by atoms with van der Waals surface area (Å²) >= 11 is 0. The van der Waals surface area contributed by atoms with Gasteiger partial charge in [0.2, 0.25) is 5.91 Å². The normalized spacial score (nSPS) is 17.7. The number of rotatable bonds is 7. The van der Waals surface area contributed by atoms with Gasteiger partial charge in [-0.2, -0.15) is 0 Å². The molecule has 1 aliphatic rings. The van der Waals surface area contributed by atoms with E-state index in [1.165, 1.54) is 0 Å². The largest absolute Gasteiger partial charge is 0.497 e. The Morgan fingerprint density at radius 2 is 2.25 bits per heavy atom. The molecule has 2 heterocycles. The molecule has 0 radical (unpaired) electrons. The fraction of sp³-hybridized carbons (Fsp3) is 0.476. The van der Waals surface area contributed by atoms with Gasteiger partial charge in [0, 0.05) is 31.7 Å². The third-order valence-electron chi connectivity index (χ3n) is 5.40. The topological polar surface area (TPSA) is 84.6 Å². The molecule has 0 saturated carbocycles. The van der Waals surface area contributed by atoms with Crippen LogP contribution in [0.15, 0.2) is 36.5 Å². The maximum absolute atomic E-state index is 12.8. The Hall–Kier alpha value is -2.67. The Morgan fingerprint density at radius 3 is 3.00 bits per heavy atom. The highest BCUT2D eigenvalue weighted by molar-refractivity contribution is 5.77. The smallest absolute Gasteiger partial charge is 0.223 e. The molecule has 1 amide bonds. The van der Waals surface area contributed by atoms with Crippen LogP contribution < -0.4 is 10.5 Å². The predicted molar refractivity (Wildman–Crippen MR) is 109 cm³/mol. The Bertz CT molecular complexity index is 813. The third-order valence-corrected chi connectivity index (χ3v) is 5.40. The number of benzene rings is 1. The van der Waals surface area contributed by atoms with Crippen molar-refractivity contribution in [1.29, 1.82) is 0 Å². The van der Waals surface area contributed by atoms with E-state index in [1.54, 1.807) is 19.4 Å². The highest BCUT2D eigenvalue weighted by atomic mass is 16.5. The monoisotopic (exact) mass is 383 g/mol. The molecule has 150 valence electrons. The first-order valence-corrected chi connectivity index (χ1v) is 9.65. The van der Waals surface area contributed by atoms with Crippen LogP contribution in [-0.4, -0.2) is 59.0 Å². The average molecular weight is 383 g/mol. The quantitative estimate of drug-likeness (QED) is 0.790. The number of methoxy groups -OCH3 is 1. The molecule has 1 aromatic heterocycles. The van der Waals surface area contributed by atoms with Crippen LogP contribution >= 0.6 is 0 Å². The van der Waals surface area contributed by atoms with Crippen LogP contribution in [0.1, 0.15) is 37.1 Å². The number of hydrogen-bond donors (Lipinski definition) is 1. The summed E-state index contributed by atoms with van der Waals surface area (Å²) in [5.74, 6) is 2.36. The molecule has 2 aromatic rings. The van der Waals surface area contributed by atoms with Crippen LogP contribution in [0.25, 0.3) is 0 Å². The number of hydrogen-bond acceptors (Lipinski definition) is 6. The lowest BCUT2D eigenvalue weighted by molar-refractivity contribution is -0.130. The molecular formula is C21H29N5O2. The van der Waals surface area contributed by atoms with Gasteiger partial charge in [-0.1, -0.05) is 19.1 Å². The zero-order valence-electron chi connectivity index (χ0n) is 16.8. The molecule has 1 fully saturated rings. The summed E-state index contributed by atoms with van der Waals surface area (Å²) in [6.45, 7) is 4.24. The molecule has 0 aliphatic carbocycles. The van der Waals surface area contributed by atoms with Gasteiger partial charge < -0.3 is 15.4 Å². The van der Waals surface area contributed by atoms with E-state index >= 15 is 0 Å². The molecule has 2 N–H and O–H groups in total. The number of carbonyl (C=O) groups excluding carboxylic acids is 1. The van der Waals surface area contributed by atoms with Gasteiger partial charge in [0.1, 0.15) is 17.4 Å². The van der Waals surface area contributed by atoms with Crippen LogP contribution in [0.2, 0.25) is 0 Å². The first kappa shape index (κ1) is 20.1. The van der Waals surface area contributed by atoms with E-state index in [0.29, 0.717) is 30.6 Å². The fourth-order valence-corrected chi connectivity index (χ4v) is 3.63. The Balaban J connectivity index is 1.53. The van der Waals surface area contributed by atoms with E-state index < -0.39 is 0 Å². The van der Waals surface area contributed by atoms with Crippen molar-refractivity contribution in [3.05, 3.63) is 47.9 Å². The molecule has 2 atom stereocenters. The third kappa shape index (κ3) is 4.98. The number of ether oxygens (including phenoxy) is 1. The summed E-state index contributed by atoms with van der Waals surface area (Å²) in [7, 11) is 3.70. The predicted octanol–water partition coefficient (Wildman–Crippen LogP) is 2.29. The second-order valence-corrected chi connectivity index (χ2v) is 7.48. The van der Waals surface area contributed by atoms with Gasteiger partial charge in [0.15, 0.2) is 0 Å². The summed E-state index contributed by atoms with van der Waals surface area (Å²) in [5, 5.41) is 0. The number of amides is 1. The SMILES string of the molecule is COc1cccc([C@H](C)CC(=O)N2CC[C@H](N(C)Cc3nccc(N)n3)C2)c1. The number of nitrogens with zero attached hydrogens (tertiary/aromatic N) is 4. The lowest BCUT2D eigenvalue weighted by Crippen LogP contribution is -2.36. The van der Waals surface area contributed by atoms with Gasteiger partial charge >= 0.3 is 0 Å². The summed E-state index contributed by atoms with van der Waals surface area (Å²) < 4.78 is 5.29. The van der Waals surface area contributed by atoms with Crippen molar-refractivity contribution >= 4 is 11.7 Å². The van der Waals surface area contributed by atoms with Crippen molar-refractivity contribution < 1.29 is 9.53 Å². The average Bonchev–Trinajstić information content (AvgIpc) is 3.18. The lowest BCUT2D eigenvalue weighted by atomic mass is 9.97.